The van der Waals surface area contributed by atoms with Crippen LogP contribution in [-0.2, 0) is 4.74 Å². The molecule has 1 aliphatic heterocycles. The van der Waals surface area contributed by atoms with Crippen LogP contribution in [0.25, 0.3) is 11.1 Å². The summed E-state index contributed by atoms with van der Waals surface area (Å²) in [6.07, 6.45) is 1.67. The zero-order chi connectivity index (χ0) is 17.1. The standard InChI is InChI=1S/C17H21N5O2/c1-22(2)17-20-9-13(11-3-5-12(6-4-11)16(18)23)15(21-17)14-10-19-7-8-24-14/h3-6,9,14,19H,7-8,10H2,1-2H3,(H2,18,23)/t14-/m1/s1. The minimum atomic E-state index is -0.444. The Kier molecular flexibility index (Phi) is 4.73. The topological polar surface area (TPSA) is 93.4 Å². The van der Waals surface area contributed by atoms with Gasteiger partial charge in [-0.3, -0.25) is 4.79 Å². The van der Waals surface area contributed by atoms with Crippen molar-refractivity contribution in [2.45, 2.75) is 6.10 Å². The summed E-state index contributed by atoms with van der Waals surface area (Å²) in [6, 6.07) is 7.13. The minimum absolute atomic E-state index is 0.133. The number of benzene rings is 1. The molecule has 0 aliphatic carbocycles. The molecule has 1 aromatic heterocycles. The van der Waals surface area contributed by atoms with E-state index >= 15 is 0 Å². The fourth-order valence-corrected chi connectivity index (χ4v) is 2.62. The van der Waals surface area contributed by atoms with Gasteiger partial charge in [-0.15, -0.1) is 0 Å². The number of nitrogens with two attached hydrogens (primary N) is 1. The van der Waals surface area contributed by atoms with Gasteiger partial charge in [0.05, 0.1) is 12.3 Å². The zero-order valence-electron chi connectivity index (χ0n) is 13.8. The number of amides is 1. The Balaban J connectivity index is 2.03. The van der Waals surface area contributed by atoms with Crippen molar-refractivity contribution < 1.29 is 9.53 Å². The Hall–Kier alpha value is -2.51. The van der Waals surface area contributed by atoms with Crippen molar-refractivity contribution >= 4 is 11.9 Å². The largest absolute Gasteiger partial charge is 0.369 e. The number of carbonyl (C=O) groups excluding carboxylic acids is 1. The van der Waals surface area contributed by atoms with E-state index in [9.17, 15) is 4.79 Å². The summed E-state index contributed by atoms with van der Waals surface area (Å²) in [5.74, 6) is 0.192. The number of morpholine rings is 1. The van der Waals surface area contributed by atoms with Crippen LogP contribution in [-0.4, -0.2) is 49.7 Å². The van der Waals surface area contributed by atoms with Gasteiger partial charge >= 0.3 is 0 Å². The third-order valence-electron chi connectivity index (χ3n) is 3.92. The lowest BCUT2D eigenvalue weighted by Gasteiger charge is -2.26. The summed E-state index contributed by atoms with van der Waals surface area (Å²) in [5.41, 5.74) is 8.44. The zero-order valence-corrected chi connectivity index (χ0v) is 13.8. The van der Waals surface area contributed by atoms with Crippen LogP contribution in [0.4, 0.5) is 5.95 Å². The second-order valence-corrected chi connectivity index (χ2v) is 5.87. The van der Waals surface area contributed by atoms with Crippen molar-refractivity contribution in [1.82, 2.24) is 15.3 Å². The maximum atomic E-state index is 11.2. The number of anilines is 1. The molecule has 7 nitrogen and oxygen atoms in total. The van der Waals surface area contributed by atoms with Crippen LogP contribution in [0.5, 0.6) is 0 Å². The van der Waals surface area contributed by atoms with E-state index in [-0.39, 0.29) is 6.10 Å². The minimum Gasteiger partial charge on any atom is -0.369 e. The van der Waals surface area contributed by atoms with Gasteiger partial charge in [-0.25, -0.2) is 9.97 Å². The van der Waals surface area contributed by atoms with Gasteiger partial charge in [-0.2, -0.15) is 0 Å². The monoisotopic (exact) mass is 327 g/mol. The number of hydrogen-bond acceptors (Lipinski definition) is 6. The number of ether oxygens (including phenoxy) is 1. The van der Waals surface area contributed by atoms with E-state index < -0.39 is 5.91 Å². The molecule has 1 aromatic carbocycles. The maximum Gasteiger partial charge on any atom is 0.248 e. The van der Waals surface area contributed by atoms with Crippen molar-refractivity contribution in [3.8, 4) is 11.1 Å². The fraction of sp³-hybridized carbons (Fsp3) is 0.353. The number of aromatic nitrogens is 2. The van der Waals surface area contributed by atoms with Crippen molar-refractivity contribution in [3.05, 3.63) is 41.7 Å². The van der Waals surface area contributed by atoms with Gasteiger partial charge in [0.1, 0.15) is 6.10 Å². The van der Waals surface area contributed by atoms with Crippen LogP contribution >= 0.6 is 0 Å². The molecule has 1 atom stereocenters. The predicted octanol–water partition coefficient (Wildman–Crippen LogP) is 0.969. The van der Waals surface area contributed by atoms with Crippen molar-refractivity contribution in [3.63, 3.8) is 0 Å². The summed E-state index contributed by atoms with van der Waals surface area (Å²) in [4.78, 5) is 22.2. The lowest BCUT2D eigenvalue weighted by atomic mass is 10.0. The first kappa shape index (κ1) is 16.4. The third kappa shape index (κ3) is 3.37. The third-order valence-corrected chi connectivity index (χ3v) is 3.92. The highest BCUT2D eigenvalue weighted by Crippen LogP contribution is 2.30. The van der Waals surface area contributed by atoms with E-state index in [1.165, 1.54) is 0 Å². The maximum absolute atomic E-state index is 11.2. The highest BCUT2D eigenvalue weighted by molar-refractivity contribution is 5.93. The van der Waals surface area contributed by atoms with E-state index in [2.05, 4.69) is 15.3 Å². The van der Waals surface area contributed by atoms with Gasteiger partial charge in [0.15, 0.2) is 0 Å². The molecule has 1 aliphatic rings. The molecule has 126 valence electrons. The molecule has 2 aromatic rings. The van der Waals surface area contributed by atoms with Crippen LogP contribution in [0.15, 0.2) is 30.5 Å². The molecule has 0 unspecified atom stereocenters. The van der Waals surface area contributed by atoms with Crippen molar-refractivity contribution in [1.29, 1.82) is 0 Å². The molecule has 2 heterocycles. The van der Waals surface area contributed by atoms with E-state index in [1.807, 2.05) is 31.1 Å². The number of primary amides is 1. The lowest BCUT2D eigenvalue weighted by molar-refractivity contribution is 0.0254. The average Bonchev–Trinajstić information content (AvgIpc) is 2.62. The molecule has 0 spiro atoms. The van der Waals surface area contributed by atoms with E-state index in [0.717, 1.165) is 23.4 Å². The molecule has 0 radical (unpaired) electrons. The summed E-state index contributed by atoms with van der Waals surface area (Å²) in [7, 11) is 3.81. The normalized spacial score (nSPS) is 17.5. The second kappa shape index (κ2) is 6.94. The van der Waals surface area contributed by atoms with Crippen LogP contribution in [0.1, 0.15) is 22.2 Å². The summed E-state index contributed by atoms with van der Waals surface area (Å²) in [5, 5.41) is 3.32. The number of hydrogen-bond donors (Lipinski definition) is 2. The molecular formula is C17H21N5O2. The molecule has 0 saturated carbocycles. The summed E-state index contributed by atoms with van der Waals surface area (Å²) in [6.45, 7) is 2.19. The highest BCUT2D eigenvalue weighted by Gasteiger charge is 2.22. The van der Waals surface area contributed by atoms with E-state index in [1.54, 1.807) is 18.3 Å². The van der Waals surface area contributed by atoms with Crippen LogP contribution in [0, 0.1) is 0 Å². The Morgan fingerprint density at radius 2 is 2.08 bits per heavy atom. The Bertz CT molecular complexity index is 724. The SMILES string of the molecule is CN(C)c1ncc(-c2ccc(C(N)=O)cc2)c([C@H]2CNCCO2)n1. The first-order valence-corrected chi connectivity index (χ1v) is 7.83. The van der Waals surface area contributed by atoms with Gasteiger partial charge in [0.25, 0.3) is 0 Å². The van der Waals surface area contributed by atoms with Crippen molar-refractivity contribution in [2.24, 2.45) is 5.73 Å². The molecule has 1 saturated heterocycles. The molecule has 24 heavy (non-hydrogen) atoms. The van der Waals surface area contributed by atoms with Gasteiger partial charge in [0, 0.05) is 44.5 Å². The number of carbonyl (C=O) groups is 1. The number of nitrogens with one attached hydrogen (secondary N) is 1. The van der Waals surface area contributed by atoms with Crippen molar-refractivity contribution in [2.75, 3.05) is 38.7 Å². The molecule has 1 fully saturated rings. The predicted molar refractivity (Wildman–Crippen MR) is 91.9 cm³/mol. The quantitative estimate of drug-likeness (QED) is 0.869. The molecule has 3 rings (SSSR count). The van der Waals surface area contributed by atoms with Gasteiger partial charge < -0.3 is 20.7 Å². The first-order valence-electron chi connectivity index (χ1n) is 7.83. The van der Waals surface area contributed by atoms with E-state index in [4.69, 9.17) is 10.5 Å². The molecular weight excluding hydrogens is 306 g/mol. The average molecular weight is 327 g/mol. The Morgan fingerprint density at radius 3 is 2.67 bits per heavy atom. The van der Waals surface area contributed by atoms with Crippen LogP contribution in [0.3, 0.4) is 0 Å². The highest BCUT2D eigenvalue weighted by atomic mass is 16.5. The number of nitrogens with zero attached hydrogens (tertiary/aromatic N) is 3. The fourth-order valence-electron chi connectivity index (χ4n) is 2.62. The molecule has 7 heteroatoms. The molecule has 1 amide bonds. The number of rotatable bonds is 4. The van der Waals surface area contributed by atoms with Gasteiger partial charge in [0.2, 0.25) is 11.9 Å². The second-order valence-electron chi connectivity index (χ2n) is 5.87. The van der Waals surface area contributed by atoms with Gasteiger partial charge in [-0.1, -0.05) is 12.1 Å². The molecule has 0 bridgehead atoms. The Morgan fingerprint density at radius 1 is 1.33 bits per heavy atom. The van der Waals surface area contributed by atoms with Crippen LogP contribution < -0.4 is 16.0 Å². The first-order chi connectivity index (χ1) is 11.6. The smallest absolute Gasteiger partial charge is 0.248 e. The molecule has 3 N–H and O–H groups in total. The summed E-state index contributed by atoms with van der Waals surface area (Å²) >= 11 is 0. The Labute approximate surface area is 140 Å². The van der Waals surface area contributed by atoms with Crippen LogP contribution in [0.2, 0.25) is 0 Å². The summed E-state index contributed by atoms with van der Waals surface area (Å²) < 4.78 is 5.88. The van der Waals surface area contributed by atoms with E-state index in [0.29, 0.717) is 24.7 Å². The van der Waals surface area contributed by atoms with Gasteiger partial charge in [-0.05, 0) is 17.7 Å². The lowest BCUT2D eigenvalue weighted by Crippen LogP contribution is -2.34.